The Labute approximate surface area is 215 Å². The molecule has 5 rings (SSSR count). The van der Waals surface area contributed by atoms with E-state index in [-0.39, 0.29) is 42.4 Å². The number of fused-ring (bicyclic) bond motifs is 2. The smallest absolute Gasteiger partial charge is 0.322 e. The highest BCUT2D eigenvalue weighted by molar-refractivity contribution is 7.89. The maximum Gasteiger partial charge on any atom is 0.322 e. The number of amides is 2. The molecule has 0 aliphatic carbocycles. The van der Waals surface area contributed by atoms with Crippen LogP contribution in [0.1, 0.15) is 0 Å². The molecule has 2 aromatic carbocycles. The molecule has 3 aromatic rings. The summed E-state index contributed by atoms with van der Waals surface area (Å²) in [5.74, 6) is 0.180. The summed E-state index contributed by atoms with van der Waals surface area (Å²) < 4.78 is 35.2. The number of anilines is 1. The van der Waals surface area contributed by atoms with Gasteiger partial charge in [0.15, 0.2) is 0 Å². The van der Waals surface area contributed by atoms with Crippen LogP contribution in [0.3, 0.4) is 0 Å². The minimum atomic E-state index is -3.97. The highest BCUT2D eigenvalue weighted by atomic mass is 32.2. The second-order valence-electron chi connectivity index (χ2n) is 9.27. The summed E-state index contributed by atoms with van der Waals surface area (Å²) in [5, 5.41) is 13.4. The Balaban J connectivity index is 1.49. The van der Waals surface area contributed by atoms with E-state index in [1.165, 1.54) is 6.07 Å². The van der Waals surface area contributed by atoms with Gasteiger partial charge in [-0.3, -0.25) is 9.88 Å². The van der Waals surface area contributed by atoms with Crippen LogP contribution in [0.15, 0.2) is 78.0 Å². The maximum absolute atomic E-state index is 13.2. The van der Waals surface area contributed by atoms with E-state index >= 15 is 0 Å². The number of urea groups is 1. The van der Waals surface area contributed by atoms with Crippen LogP contribution in [0, 0.1) is 0 Å². The highest BCUT2D eigenvalue weighted by Crippen LogP contribution is 2.33. The fourth-order valence-electron chi connectivity index (χ4n) is 4.70. The number of nitrogens with zero attached hydrogens (tertiary/aromatic N) is 3. The van der Waals surface area contributed by atoms with Gasteiger partial charge >= 0.3 is 6.03 Å². The van der Waals surface area contributed by atoms with Crippen molar-refractivity contribution >= 4 is 21.7 Å². The summed E-state index contributed by atoms with van der Waals surface area (Å²) >= 11 is 0. The van der Waals surface area contributed by atoms with Gasteiger partial charge in [0.2, 0.25) is 10.0 Å². The third kappa shape index (κ3) is 5.59. The van der Waals surface area contributed by atoms with Gasteiger partial charge in [-0.25, -0.2) is 17.9 Å². The fourth-order valence-corrected chi connectivity index (χ4v) is 5.89. The topological polar surface area (TPSA) is 124 Å². The third-order valence-electron chi connectivity index (χ3n) is 6.63. The van der Waals surface area contributed by atoms with Gasteiger partial charge in [0.25, 0.3) is 0 Å². The number of carbonyl (C=O) groups excluding carboxylic acids is 1. The Kier molecular flexibility index (Phi) is 7.11. The summed E-state index contributed by atoms with van der Waals surface area (Å²) in [4.78, 5) is 20.7. The largest absolute Gasteiger partial charge is 0.485 e. The molecule has 194 valence electrons. The van der Waals surface area contributed by atoms with E-state index < -0.39 is 22.2 Å². The second kappa shape index (κ2) is 10.5. The van der Waals surface area contributed by atoms with Crippen molar-refractivity contribution in [2.24, 2.45) is 0 Å². The number of β-amino-alcohol motifs (C(OH)–C–C–N with tert-alkyl or cyclic N) is 1. The lowest BCUT2D eigenvalue weighted by atomic mass is 10.1. The summed E-state index contributed by atoms with van der Waals surface area (Å²) in [6, 6.07) is 17.2. The number of ether oxygens (including phenoxy) is 1. The first-order valence-electron chi connectivity index (χ1n) is 12.0. The normalized spacial score (nSPS) is 23.7. The van der Waals surface area contributed by atoms with Crippen LogP contribution in [0.25, 0.3) is 11.1 Å². The second-order valence-corrected chi connectivity index (χ2v) is 11.0. The number of para-hydroxylation sites is 1. The van der Waals surface area contributed by atoms with Gasteiger partial charge in [-0.05, 0) is 42.9 Å². The number of pyridine rings is 1. The lowest BCUT2D eigenvalue weighted by molar-refractivity contribution is 0.0713. The molecule has 1 saturated heterocycles. The molecule has 0 spiro atoms. The number of aliphatic hydroxyl groups excluding tert-OH is 1. The number of aliphatic hydroxyl groups is 1. The number of carbonyl (C=O) groups is 1. The summed E-state index contributed by atoms with van der Waals surface area (Å²) in [5.41, 5.74) is 2.24. The van der Waals surface area contributed by atoms with Crippen LogP contribution in [0.5, 0.6) is 5.75 Å². The molecule has 1 aromatic heterocycles. The van der Waals surface area contributed by atoms with E-state index in [1.807, 2.05) is 48.3 Å². The molecule has 3 N–H and O–H groups in total. The average Bonchev–Trinajstić information content (AvgIpc) is 3.32. The monoisotopic (exact) mass is 523 g/mol. The Bertz CT molecular complexity index is 1360. The fraction of sp³-hybridized carbons (Fsp3) is 0.308. The molecule has 10 nitrogen and oxygen atoms in total. The first-order valence-corrected chi connectivity index (χ1v) is 13.5. The molecule has 2 amide bonds. The summed E-state index contributed by atoms with van der Waals surface area (Å²) in [6.45, 7) is 0.655. The van der Waals surface area contributed by atoms with Crippen molar-refractivity contribution in [1.29, 1.82) is 0 Å². The van der Waals surface area contributed by atoms with Crippen LogP contribution in [0.4, 0.5) is 10.5 Å². The van der Waals surface area contributed by atoms with Crippen molar-refractivity contribution in [1.82, 2.24) is 19.5 Å². The maximum atomic E-state index is 13.2. The molecule has 37 heavy (non-hydrogen) atoms. The molecular formula is C26H29N5O5S. The van der Waals surface area contributed by atoms with Crippen molar-refractivity contribution in [3.05, 3.63) is 73.1 Å². The first-order chi connectivity index (χ1) is 17.8. The van der Waals surface area contributed by atoms with Crippen LogP contribution in [0.2, 0.25) is 0 Å². The number of aromatic nitrogens is 1. The van der Waals surface area contributed by atoms with E-state index in [0.29, 0.717) is 12.2 Å². The van der Waals surface area contributed by atoms with Gasteiger partial charge in [-0.1, -0.05) is 30.3 Å². The van der Waals surface area contributed by atoms with E-state index in [1.54, 1.807) is 35.5 Å². The van der Waals surface area contributed by atoms with E-state index in [0.717, 1.165) is 11.1 Å². The third-order valence-corrected chi connectivity index (χ3v) is 8.09. The minimum absolute atomic E-state index is 0.0252. The van der Waals surface area contributed by atoms with Gasteiger partial charge in [0.05, 0.1) is 18.7 Å². The minimum Gasteiger partial charge on any atom is -0.485 e. The van der Waals surface area contributed by atoms with Crippen molar-refractivity contribution < 1.29 is 23.1 Å². The van der Waals surface area contributed by atoms with Crippen LogP contribution < -0.4 is 14.8 Å². The molecule has 3 atom stereocenters. The zero-order valence-corrected chi connectivity index (χ0v) is 21.1. The quantitative estimate of drug-likeness (QED) is 0.469. The van der Waals surface area contributed by atoms with Gasteiger partial charge in [0.1, 0.15) is 16.7 Å². The Morgan fingerprint density at radius 1 is 1.08 bits per heavy atom. The molecule has 0 unspecified atom stereocenters. The van der Waals surface area contributed by atoms with E-state index in [9.17, 15) is 18.3 Å². The standard InChI is InChI=1S/C26H29N5O5S/c1-30-15-21(32)14-28-37(34,35)25-10-9-18(19-6-5-11-27-13-19)12-23(25)36-24-17-31(16-22(24)30)26(33)29-20-7-3-2-4-8-20/h2-13,21-22,24,28,32H,14-17H2,1H3,(H,29,33)/t21-,22+,24-/m0/s1. The molecular weight excluding hydrogens is 494 g/mol. The van der Waals surface area contributed by atoms with Crippen molar-refractivity contribution in [3.8, 4) is 16.9 Å². The SMILES string of the molecule is CN1C[C@@H](O)CNS(=O)(=O)c2ccc(-c3cccnc3)cc2O[C@H]2CN(C(=O)Nc3ccccc3)C[C@H]21. The van der Waals surface area contributed by atoms with Crippen LogP contribution >= 0.6 is 0 Å². The summed E-state index contributed by atoms with van der Waals surface area (Å²) in [6.07, 6.45) is 1.88. The number of hydrogen-bond acceptors (Lipinski definition) is 7. The average molecular weight is 524 g/mol. The zero-order valence-electron chi connectivity index (χ0n) is 20.3. The van der Waals surface area contributed by atoms with Crippen molar-refractivity contribution in [3.63, 3.8) is 0 Å². The molecule has 1 fully saturated rings. The Morgan fingerprint density at radius 3 is 2.65 bits per heavy atom. The molecule has 3 heterocycles. The number of hydrogen-bond donors (Lipinski definition) is 3. The van der Waals surface area contributed by atoms with Gasteiger partial charge in [0, 0.05) is 43.3 Å². The zero-order chi connectivity index (χ0) is 26.0. The molecule has 0 bridgehead atoms. The van der Waals surface area contributed by atoms with Gasteiger partial charge in [-0.15, -0.1) is 0 Å². The van der Waals surface area contributed by atoms with Crippen LogP contribution in [-0.4, -0.2) is 85.8 Å². The molecule has 2 aliphatic heterocycles. The highest BCUT2D eigenvalue weighted by Gasteiger charge is 2.41. The Hall–Kier alpha value is -3.51. The van der Waals surface area contributed by atoms with Gasteiger partial charge < -0.3 is 20.1 Å². The van der Waals surface area contributed by atoms with Crippen molar-refractivity contribution in [2.45, 2.75) is 23.1 Å². The lowest BCUT2D eigenvalue weighted by Crippen LogP contribution is -2.47. The van der Waals surface area contributed by atoms with Crippen molar-refractivity contribution in [2.75, 3.05) is 38.5 Å². The number of benzene rings is 2. The first kappa shape index (κ1) is 25.2. The van der Waals surface area contributed by atoms with E-state index in [4.69, 9.17) is 4.74 Å². The molecule has 0 radical (unpaired) electrons. The van der Waals surface area contributed by atoms with Gasteiger partial charge in [-0.2, -0.15) is 0 Å². The summed E-state index contributed by atoms with van der Waals surface area (Å²) in [7, 11) is -2.13. The molecule has 2 aliphatic rings. The molecule has 0 saturated carbocycles. The lowest BCUT2D eigenvalue weighted by Gasteiger charge is -2.30. The predicted octanol–water partition coefficient (Wildman–Crippen LogP) is 2.00. The number of sulfonamides is 1. The van der Waals surface area contributed by atoms with E-state index in [2.05, 4.69) is 15.0 Å². The predicted molar refractivity (Wildman–Crippen MR) is 139 cm³/mol. The number of nitrogens with one attached hydrogen (secondary N) is 2. The molecule has 11 heteroatoms. The number of rotatable bonds is 2. The number of likely N-dealkylation sites (N-methyl/N-ethyl adjacent to an activating group) is 1. The Morgan fingerprint density at radius 2 is 1.89 bits per heavy atom. The van der Waals surface area contributed by atoms with Crippen LogP contribution in [-0.2, 0) is 10.0 Å². The number of likely N-dealkylation sites (tertiary alicyclic amines) is 1.